The van der Waals surface area contributed by atoms with E-state index in [4.69, 9.17) is 0 Å². The number of thiophene rings is 1. The van der Waals surface area contributed by atoms with E-state index in [2.05, 4.69) is 20.6 Å². The van der Waals surface area contributed by atoms with E-state index in [0.717, 1.165) is 16.3 Å². The highest BCUT2D eigenvalue weighted by Crippen LogP contribution is 2.29. The van der Waals surface area contributed by atoms with Gasteiger partial charge in [-0.2, -0.15) is 4.98 Å². The first-order valence-electron chi connectivity index (χ1n) is 5.82. The highest BCUT2D eigenvalue weighted by Gasteiger charge is 2.11. The third-order valence-corrected chi connectivity index (χ3v) is 3.54. The Morgan fingerprint density at radius 3 is 2.75 bits per heavy atom. The van der Waals surface area contributed by atoms with E-state index < -0.39 is 11.6 Å². The highest BCUT2D eigenvalue weighted by molar-refractivity contribution is 7.16. The van der Waals surface area contributed by atoms with E-state index in [1.807, 2.05) is 11.4 Å². The Bertz CT molecular complexity index is 772. The molecular formula is C13H10F2N4S. The lowest BCUT2D eigenvalue weighted by Crippen LogP contribution is -2.02. The van der Waals surface area contributed by atoms with E-state index in [1.54, 1.807) is 7.05 Å². The quantitative estimate of drug-likeness (QED) is 0.772. The summed E-state index contributed by atoms with van der Waals surface area (Å²) < 4.78 is 26.6. The van der Waals surface area contributed by atoms with Gasteiger partial charge in [-0.25, -0.2) is 13.8 Å². The number of aromatic nitrogens is 2. The van der Waals surface area contributed by atoms with Crippen LogP contribution in [0.25, 0.3) is 10.2 Å². The SMILES string of the molecule is CNc1nc(Nc2ccc(F)cc2F)c2ccsc2n1. The molecule has 7 heteroatoms. The molecule has 0 fully saturated rings. The van der Waals surface area contributed by atoms with Gasteiger partial charge in [0.05, 0.1) is 11.1 Å². The molecule has 0 saturated heterocycles. The van der Waals surface area contributed by atoms with Crippen molar-refractivity contribution in [1.82, 2.24) is 9.97 Å². The van der Waals surface area contributed by atoms with Gasteiger partial charge in [0.2, 0.25) is 5.95 Å². The van der Waals surface area contributed by atoms with Crippen molar-refractivity contribution in [2.45, 2.75) is 0 Å². The fourth-order valence-electron chi connectivity index (χ4n) is 1.78. The van der Waals surface area contributed by atoms with Gasteiger partial charge in [0.15, 0.2) is 0 Å². The van der Waals surface area contributed by atoms with E-state index in [1.165, 1.54) is 23.5 Å². The fraction of sp³-hybridized carbons (Fsp3) is 0.0769. The predicted molar refractivity (Wildman–Crippen MR) is 76.6 cm³/mol. The minimum Gasteiger partial charge on any atom is -0.357 e. The van der Waals surface area contributed by atoms with Crippen LogP contribution < -0.4 is 10.6 Å². The first-order chi connectivity index (χ1) is 9.67. The Hall–Kier alpha value is -2.28. The van der Waals surface area contributed by atoms with Crippen LogP contribution in [0.5, 0.6) is 0 Å². The topological polar surface area (TPSA) is 49.8 Å². The van der Waals surface area contributed by atoms with Crippen LogP contribution in [0.2, 0.25) is 0 Å². The molecule has 0 amide bonds. The molecule has 0 unspecified atom stereocenters. The van der Waals surface area contributed by atoms with Gasteiger partial charge in [0, 0.05) is 13.1 Å². The number of nitrogens with zero attached hydrogens (tertiary/aromatic N) is 2. The van der Waals surface area contributed by atoms with Crippen LogP contribution in [0, 0.1) is 11.6 Å². The summed E-state index contributed by atoms with van der Waals surface area (Å²) in [5.74, 6) is -0.374. The summed E-state index contributed by atoms with van der Waals surface area (Å²) in [4.78, 5) is 9.34. The molecule has 0 bridgehead atoms. The molecule has 0 spiro atoms. The Balaban J connectivity index is 2.07. The molecule has 4 nitrogen and oxygen atoms in total. The molecule has 20 heavy (non-hydrogen) atoms. The van der Waals surface area contributed by atoms with Gasteiger partial charge in [-0.15, -0.1) is 11.3 Å². The Labute approximate surface area is 117 Å². The minimum absolute atomic E-state index is 0.166. The number of hydrogen-bond acceptors (Lipinski definition) is 5. The van der Waals surface area contributed by atoms with Gasteiger partial charge < -0.3 is 10.6 Å². The van der Waals surface area contributed by atoms with Crippen LogP contribution in [-0.4, -0.2) is 17.0 Å². The van der Waals surface area contributed by atoms with Crippen molar-refractivity contribution in [3.63, 3.8) is 0 Å². The van der Waals surface area contributed by atoms with Crippen molar-refractivity contribution in [2.24, 2.45) is 0 Å². The molecule has 0 atom stereocenters. The van der Waals surface area contributed by atoms with Gasteiger partial charge in [-0.1, -0.05) is 0 Å². The van der Waals surface area contributed by atoms with Gasteiger partial charge in [0.1, 0.15) is 22.3 Å². The Morgan fingerprint density at radius 1 is 1.15 bits per heavy atom. The van der Waals surface area contributed by atoms with Crippen molar-refractivity contribution in [2.75, 3.05) is 17.7 Å². The summed E-state index contributed by atoms with van der Waals surface area (Å²) in [6.07, 6.45) is 0. The third kappa shape index (κ3) is 2.27. The Kier molecular flexibility index (Phi) is 3.19. The fourth-order valence-corrected chi connectivity index (χ4v) is 2.54. The lowest BCUT2D eigenvalue weighted by molar-refractivity contribution is 0.586. The molecule has 2 aromatic heterocycles. The molecule has 0 aliphatic rings. The molecule has 3 rings (SSSR count). The van der Waals surface area contributed by atoms with Gasteiger partial charge in [-0.3, -0.25) is 0 Å². The Morgan fingerprint density at radius 2 is 2.00 bits per heavy atom. The molecule has 0 saturated carbocycles. The number of fused-ring (bicyclic) bond motifs is 1. The van der Waals surface area contributed by atoms with Crippen molar-refractivity contribution in [3.8, 4) is 0 Å². The third-order valence-electron chi connectivity index (χ3n) is 2.73. The van der Waals surface area contributed by atoms with Crippen LogP contribution in [0.4, 0.5) is 26.2 Å². The summed E-state index contributed by atoms with van der Waals surface area (Å²) in [6.45, 7) is 0. The number of nitrogens with one attached hydrogen (secondary N) is 2. The van der Waals surface area contributed by atoms with Gasteiger partial charge in [0.25, 0.3) is 0 Å². The van der Waals surface area contributed by atoms with Gasteiger partial charge in [-0.05, 0) is 23.6 Å². The average Bonchev–Trinajstić information content (AvgIpc) is 2.90. The van der Waals surface area contributed by atoms with Crippen molar-refractivity contribution < 1.29 is 8.78 Å². The molecule has 1 aromatic carbocycles. The summed E-state index contributed by atoms with van der Waals surface area (Å²) >= 11 is 1.46. The summed E-state index contributed by atoms with van der Waals surface area (Å²) in [7, 11) is 1.71. The van der Waals surface area contributed by atoms with Crippen LogP contribution in [0.1, 0.15) is 0 Å². The second-order valence-corrected chi connectivity index (χ2v) is 4.93. The predicted octanol–water partition coefficient (Wildman–Crippen LogP) is 3.75. The molecule has 0 aliphatic heterocycles. The molecule has 0 radical (unpaired) electrons. The first-order valence-corrected chi connectivity index (χ1v) is 6.70. The number of halogens is 2. The summed E-state index contributed by atoms with van der Waals surface area (Å²) in [5.41, 5.74) is 0.166. The van der Waals surface area contributed by atoms with E-state index in [-0.39, 0.29) is 5.69 Å². The lowest BCUT2D eigenvalue weighted by Gasteiger charge is -2.09. The lowest BCUT2D eigenvalue weighted by atomic mass is 10.3. The van der Waals surface area contributed by atoms with E-state index >= 15 is 0 Å². The number of benzene rings is 1. The standard InChI is InChI=1S/C13H10F2N4S/c1-16-13-18-11(8-4-5-20-12(8)19-13)17-10-3-2-7(14)6-9(10)15/h2-6H,1H3,(H2,16,17,18,19). The molecule has 102 valence electrons. The number of anilines is 3. The molecule has 2 N–H and O–H groups in total. The normalized spacial score (nSPS) is 10.8. The van der Waals surface area contributed by atoms with E-state index in [0.29, 0.717) is 11.8 Å². The summed E-state index contributed by atoms with van der Waals surface area (Å²) in [6, 6.07) is 5.21. The zero-order valence-electron chi connectivity index (χ0n) is 10.4. The average molecular weight is 292 g/mol. The second-order valence-electron chi connectivity index (χ2n) is 4.03. The van der Waals surface area contributed by atoms with Crippen molar-refractivity contribution in [1.29, 1.82) is 0 Å². The smallest absolute Gasteiger partial charge is 0.225 e. The van der Waals surface area contributed by atoms with Crippen molar-refractivity contribution >= 4 is 39.0 Å². The first kappa shape index (κ1) is 12.7. The highest BCUT2D eigenvalue weighted by atomic mass is 32.1. The largest absolute Gasteiger partial charge is 0.357 e. The van der Waals surface area contributed by atoms with Crippen molar-refractivity contribution in [3.05, 3.63) is 41.3 Å². The second kappa shape index (κ2) is 5.01. The van der Waals surface area contributed by atoms with Crippen LogP contribution in [0.15, 0.2) is 29.6 Å². The molecular weight excluding hydrogens is 282 g/mol. The van der Waals surface area contributed by atoms with E-state index in [9.17, 15) is 8.78 Å². The van der Waals surface area contributed by atoms with Crippen LogP contribution in [-0.2, 0) is 0 Å². The molecule has 3 aromatic rings. The number of rotatable bonds is 3. The van der Waals surface area contributed by atoms with Gasteiger partial charge >= 0.3 is 0 Å². The zero-order chi connectivity index (χ0) is 14.1. The molecule has 0 aliphatic carbocycles. The monoisotopic (exact) mass is 292 g/mol. The minimum atomic E-state index is -0.669. The van der Waals surface area contributed by atoms with Crippen LogP contribution in [0.3, 0.4) is 0 Å². The summed E-state index contributed by atoms with van der Waals surface area (Å²) in [5, 5.41) is 8.40. The zero-order valence-corrected chi connectivity index (χ0v) is 11.3. The maximum atomic E-state index is 13.7. The maximum absolute atomic E-state index is 13.7. The molecule has 2 heterocycles. The van der Waals surface area contributed by atoms with Crippen LogP contribution >= 0.6 is 11.3 Å². The maximum Gasteiger partial charge on any atom is 0.225 e. The number of hydrogen-bond donors (Lipinski definition) is 2.